The molecule has 0 saturated carbocycles. The molecule has 0 N–H and O–H groups in total. The molecule has 7 heteroatoms. The largest absolute Gasteiger partial charge is 0.309 e. The van der Waals surface area contributed by atoms with E-state index in [4.69, 9.17) is 10.1 Å². The highest BCUT2D eigenvalue weighted by atomic mass is 16.2. The lowest BCUT2D eigenvalue weighted by atomic mass is 9.98. The molecule has 0 fully saturated rings. The SMILES string of the molecule is CN(C)CCCn1nc(C2=C(c3cn(-c4ccc5ccccc5c4)c4ncccc34)C(=O)CC2=O)c2ccccc21. The Bertz CT molecular complexity index is 2030. The molecule has 202 valence electrons. The molecule has 3 heterocycles. The molecule has 6 aromatic rings. The zero-order valence-corrected chi connectivity index (χ0v) is 23.0. The quantitative estimate of drug-likeness (QED) is 0.235. The molecule has 41 heavy (non-hydrogen) atoms. The fraction of sp³-hybridized carbons (Fsp3) is 0.176. The van der Waals surface area contributed by atoms with E-state index in [2.05, 4.69) is 49.3 Å². The molecule has 0 unspecified atom stereocenters. The van der Waals surface area contributed by atoms with Crippen LogP contribution in [0.3, 0.4) is 0 Å². The molecule has 1 aliphatic rings. The van der Waals surface area contributed by atoms with Crippen LogP contribution in [0.15, 0.2) is 91.3 Å². The van der Waals surface area contributed by atoms with E-state index in [0.717, 1.165) is 51.4 Å². The Kier molecular flexibility index (Phi) is 6.09. The Labute approximate surface area is 237 Å². The summed E-state index contributed by atoms with van der Waals surface area (Å²) < 4.78 is 3.98. The first-order valence-corrected chi connectivity index (χ1v) is 13.9. The average molecular weight is 540 g/mol. The summed E-state index contributed by atoms with van der Waals surface area (Å²) in [4.78, 5) is 33.9. The summed E-state index contributed by atoms with van der Waals surface area (Å²) >= 11 is 0. The number of carbonyl (C=O) groups is 2. The smallest absolute Gasteiger partial charge is 0.173 e. The molecule has 1 aliphatic carbocycles. The van der Waals surface area contributed by atoms with Crippen molar-refractivity contribution in [1.82, 2.24) is 24.2 Å². The number of para-hydroxylation sites is 1. The van der Waals surface area contributed by atoms with Crippen molar-refractivity contribution < 1.29 is 9.59 Å². The van der Waals surface area contributed by atoms with Gasteiger partial charge >= 0.3 is 0 Å². The van der Waals surface area contributed by atoms with Gasteiger partial charge in [-0.25, -0.2) is 4.98 Å². The molecule has 3 aromatic heterocycles. The summed E-state index contributed by atoms with van der Waals surface area (Å²) in [7, 11) is 4.10. The number of nitrogens with zero attached hydrogens (tertiary/aromatic N) is 5. The predicted molar refractivity (Wildman–Crippen MR) is 163 cm³/mol. The standard InChI is InChI=1S/C34H29N5O2/c1-37(2)17-8-18-39-28-13-6-5-11-26(28)33(36-39)32-30(41)20-29(40)31(32)27-21-38(34-25(27)12-7-16-35-34)24-15-14-22-9-3-4-10-23(22)19-24/h3-7,9-16,19,21H,8,17-18,20H2,1-2H3. The summed E-state index contributed by atoms with van der Waals surface area (Å²) in [6, 6.07) is 26.3. The fourth-order valence-corrected chi connectivity index (χ4v) is 5.94. The van der Waals surface area contributed by atoms with Crippen LogP contribution < -0.4 is 0 Å². The molecule has 0 atom stereocenters. The van der Waals surface area contributed by atoms with Crippen molar-refractivity contribution in [1.29, 1.82) is 0 Å². The van der Waals surface area contributed by atoms with Gasteiger partial charge in [0.05, 0.1) is 17.5 Å². The highest BCUT2D eigenvalue weighted by molar-refractivity contribution is 6.52. The van der Waals surface area contributed by atoms with Crippen LogP contribution in [0.4, 0.5) is 0 Å². The molecule has 7 nitrogen and oxygen atoms in total. The molecule has 0 bridgehead atoms. The van der Waals surface area contributed by atoms with Crippen molar-refractivity contribution in [2.24, 2.45) is 0 Å². The van der Waals surface area contributed by atoms with Gasteiger partial charge in [0.15, 0.2) is 11.6 Å². The van der Waals surface area contributed by atoms with Crippen molar-refractivity contribution in [2.75, 3.05) is 20.6 Å². The van der Waals surface area contributed by atoms with Crippen molar-refractivity contribution in [3.05, 3.63) is 103 Å². The van der Waals surface area contributed by atoms with Gasteiger partial charge in [0, 0.05) is 46.5 Å². The molecule has 0 radical (unpaired) electrons. The van der Waals surface area contributed by atoms with E-state index < -0.39 is 0 Å². The molecule has 3 aromatic carbocycles. The van der Waals surface area contributed by atoms with Crippen molar-refractivity contribution in [2.45, 2.75) is 19.4 Å². The summed E-state index contributed by atoms with van der Waals surface area (Å²) in [5, 5.41) is 8.92. The van der Waals surface area contributed by atoms with E-state index in [1.54, 1.807) is 6.20 Å². The van der Waals surface area contributed by atoms with E-state index in [1.807, 2.05) is 64.0 Å². The zero-order chi connectivity index (χ0) is 28.1. The minimum Gasteiger partial charge on any atom is -0.309 e. The fourth-order valence-electron chi connectivity index (χ4n) is 5.94. The molecule has 0 aliphatic heterocycles. The van der Waals surface area contributed by atoms with E-state index in [-0.39, 0.29) is 18.0 Å². The maximum atomic E-state index is 13.6. The van der Waals surface area contributed by atoms with Gasteiger partial charge in [0.25, 0.3) is 0 Å². The van der Waals surface area contributed by atoms with E-state index in [9.17, 15) is 9.59 Å². The summed E-state index contributed by atoms with van der Waals surface area (Å²) in [6.45, 7) is 1.64. The number of allylic oxidation sites excluding steroid dienone is 2. The molecule has 0 saturated heterocycles. The maximum Gasteiger partial charge on any atom is 0.173 e. The van der Waals surface area contributed by atoms with Gasteiger partial charge in [-0.15, -0.1) is 0 Å². The topological polar surface area (TPSA) is 73.0 Å². The predicted octanol–water partition coefficient (Wildman–Crippen LogP) is 5.93. The van der Waals surface area contributed by atoms with Gasteiger partial charge in [0.1, 0.15) is 11.3 Å². The van der Waals surface area contributed by atoms with Gasteiger partial charge in [0.2, 0.25) is 0 Å². The number of pyridine rings is 1. The third-order valence-electron chi connectivity index (χ3n) is 7.84. The van der Waals surface area contributed by atoms with Gasteiger partial charge in [-0.05, 0) is 68.2 Å². The van der Waals surface area contributed by atoms with Crippen LogP contribution >= 0.6 is 0 Å². The number of fused-ring (bicyclic) bond motifs is 3. The molecule has 0 spiro atoms. The Balaban J connectivity index is 1.43. The monoisotopic (exact) mass is 539 g/mol. The van der Waals surface area contributed by atoms with Gasteiger partial charge in [-0.3, -0.25) is 14.3 Å². The summed E-state index contributed by atoms with van der Waals surface area (Å²) in [5.41, 5.74) is 4.74. The van der Waals surface area contributed by atoms with Crippen molar-refractivity contribution in [3.8, 4) is 5.69 Å². The maximum absolute atomic E-state index is 13.6. The van der Waals surface area contributed by atoms with Crippen molar-refractivity contribution >= 4 is 55.4 Å². The number of benzene rings is 3. The first-order valence-electron chi connectivity index (χ1n) is 13.9. The number of hydrogen-bond acceptors (Lipinski definition) is 5. The van der Waals surface area contributed by atoms with Crippen LogP contribution in [0.5, 0.6) is 0 Å². The van der Waals surface area contributed by atoms with Crippen LogP contribution in [0, 0.1) is 0 Å². The second kappa shape index (κ2) is 9.94. The van der Waals surface area contributed by atoms with Crippen LogP contribution in [-0.2, 0) is 16.1 Å². The number of carbonyl (C=O) groups excluding carboxylic acids is 2. The minimum absolute atomic E-state index is 0.157. The number of hydrogen-bond donors (Lipinski definition) is 0. The second-order valence-electron chi connectivity index (χ2n) is 10.8. The van der Waals surface area contributed by atoms with Crippen LogP contribution in [-0.4, -0.2) is 56.4 Å². The Morgan fingerprint density at radius 2 is 1.59 bits per heavy atom. The number of aromatic nitrogens is 4. The molecular weight excluding hydrogens is 510 g/mol. The second-order valence-corrected chi connectivity index (χ2v) is 10.8. The van der Waals surface area contributed by atoms with E-state index in [1.165, 1.54) is 0 Å². The Morgan fingerprint density at radius 1 is 0.829 bits per heavy atom. The van der Waals surface area contributed by atoms with Crippen LogP contribution in [0.2, 0.25) is 0 Å². The Morgan fingerprint density at radius 3 is 2.44 bits per heavy atom. The highest BCUT2D eigenvalue weighted by Gasteiger charge is 2.36. The third kappa shape index (κ3) is 4.26. The van der Waals surface area contributed by atoms with Gasteiger partial charge in [-0.1, -0.05) is 48.5 Å². The van der Waals surface area contributed by atoms with Crippen LogP contribution in [0.1, 0.15) is 24.1 Å². The number of aryl methyl sites for hydroxylation is 1. The number of Topliss-reactive ketones (excluding diaryl/α,β-unsaturated/α-hetero) is 2. The zero-order valence-electron chi connectivity index (χ0n) is 23.0. The minimum atomic E-state index is -0.191. The summed E-state index contributed by atoms with van der Waals surface area (Å²) in [5.74, 6) is -0.373. The van der Waals surface area contributed by atoms with Crippen molar-refractivity contribution in [3.63, 3.8) is 0 Å². The first-order chi connectivity index (χ1) is 20.0. The number of rotatable bonds is 7. The highest BCUT2D eigenvalue weighted by Crippen LogP contribution is 2.41. The normalized spacial score (nSPS) is 14.0. The van der Waals surface area contributed by atoms with E-state index in [0.29, 0.717) is 28.9 Å². The molecule has 7 rings (SSSR count). The first kappa shape index (κ1) is 25.1. The lowest BCUT2D eigenvalue weighted by Crippen LogP contribution is -2.15. The Hall–Kier alpha value is -4.88. The van der Waals surface area contributed by atoms with Gasteiger partial charge in [-0.2, -0.15) is 5.10 Å². The van der Waals surface area contributed by atoms with Crippen LogP contribution in [0.25, 0.3) is 49.5 Å². The summed E-state index contributed by atoms with van der Waals surface area (Å²) in [6.07, 6.45) is 4.46. The van der Waals surface area contributed by atoms with Gasteiger partial charge < -0.3 is 9.47 Å². The average Bonchev–Trinajstić information content (AvgIpc) is 3.63. The lowest BCUT2D eigenvalue weighted by Gasteiger charge is -2.09. The lowest BCUT2D eigenvalue weighted by molar-refractivity contribution is -0.119. The third-order valence-corrected chi connectivity index (χ3v) is 7.84. The number of ketones is 2. The molecule has 0 amide bonds. The van der Waals surface area contributed by atoms with E-state index >= 15 is 0 Å². The molecular formula is C34H29N5O2.